The molecule has 392 valence electrons. The third-order valence-electron chi connectivity index (χ3n) is 13.8. The van der Waals surface area contributed by atoms with Crippen molar-refractivity contribution in [3.05, 3.63) is 0 Å². The minimum absolute atomic E-state index is 0.0622. The molecule has 0 heterocycles. The summed E-state index contributed by atoms with van der Waals surface area (Å²) in [5.41, 5.74) is 0. The largest absolute Gasteiger partial charge is 0.462 e. The van der Waals surface area contributed by atoms with Crippen LogP contribution in [0.5, 0.6) is 0 Å². The number of hydrogen-bond donors (Lipinski definition) is 0. The van der Waals surface area contributed by atoms with E-state index in [0.717, 1.165) is 63.7 Å². The van der Waals surface area contributed by atoms with E-state index in [1.807, 2.05) is 0 Å². The van der Waals surface area contributed by atoms with E-state index in [2.05, 4.69) is 27.7 Å². The molecule has 0 bridgehead atoms. The Morgan fingerprint density at radius 1 is 0.288 bits per heavy atom. The number of carbonyl (C=O) groups excluding carboxylic acids is 3. The number of rotatable bonds is 55. The Hall–Kier alpha value is -1.59. The predicted molar refractivity (Wildman–Crippen MR) is 284 cm³/mol. The fraction of sp³-hybridized carbons (Fsp3) is 0.950. The van der Waals surface area contributed by atoms with Crippen molar-refractivity contribution in [1.29, 1.82) is 0 Å². The van der Waals surface area contributed by atoms with Crippen LogP contribution in [-0.2, 0) is 28.6 Å². The van der Waals surface area contributed by atoms with Gasteiger partial charge < -0.3 is 14.2 Å². The zero-order valence-electron chi connectivity index (χ0n) is 45.2. The average Bonchev–Trinajstić information content (AvgIpc) is 3.30. The molecule has 0 N–H and O–H groups in total. The molecule has 0 unspecified atom stereocenters. The summed E-state index contributed by atoms with van der Waals surface area (Å²) in [6.45, 7) is 9.04. The smallest absolute Gasteiger partial charge is 0.306 e. The minimum Gasteiger partial charge on any atom is -0.462 e. The molecule has 0 aliphatic rings. The van der Waals surface area contributed by atoms with Crippen LogP contribution in [0.15, 0.2) is 0 Å². The number of esters is 3. The Balaban J connectivity index is 4.24. The maximum Gasteiger partial charge on any atom is 0.306 e. The minimum atomic E-state index is -0.762. The van der Waals surface area contributed by atoms with E-state index in [1.165, 1.54) is 238 Å². The van der Waals surface area contributed by atoms with Crippen molar-refractivity contribution >= 4 is 17.9 Å². The molecule has 6 heteroatoms. The van der Waals surface area contributed by atoms with Gasteiger partial charge in [-0.3, -0.25) is 14.4 Å². The van der Waals surface area contributed by atoms with Gasteiger partial charge in [-0.25, -0.2) is 0 Å². The van der Waals surface area contributed by atoms with E-state index < -0.39 is 6.10 Å². The second-order valence-electron chi connectivity index (χ2n) is 21.1. The fourth-order valence-corrected chi connectivity index (χ4v) is 9.28. The van der Waals surface area contributed by atoms with Crippen LogP contribution >= 0.6 is 0 Å². The van der Waals surface area contributed by atoms with Crippen molar-refractivity contribution in [2.75, 3.05) is 13.2 Å². The Morgan fingerprint density at radius 3 is 0.742 bits per heavy atom. The maximum atomic E-state index is 12.8. The van der Waals surface area contributed by atoms with Gasteiger partial charge in [0, 0.05) is 19.3 Å². The van der Waals surface area contributed by atoms with Crippen molar-refractivity contribution in [2.24, 2.45) is 5.92 Å². The standard InChI is InChI=1S/C60H116O6/c1-5-7-9-11-13-15-17-19-21-23-24-26-28-30-32-36-40-44-48-52-59(62)65-55-57(66-60(63)53-49-45-41-37-33-34-38-42-46-50-56(3)4)54-64-58(61)51-47-43-39-35-31-29-27-25-22-20-18-16-14-12-10-8-6-2/h56-57H,5-55H2,1-4H3/t57-/m0/s1. The maximum absolute atomic E-state index is 12.8. The predicted octanol–water partition coefficient (Wildman–Crippen LogP) is 19.8. The van der Waals surface area contributed by atoms with E-state index >= 15 is 0 Å². The van der Waals surface area contributed by atoms with Gasteiger partial charge in [-0.15, -0.1) is 0 Å². The molecule has 0 aliphatic carbocycles. The van der Waals surface area contributed by atoms with Crippen molar-refractivity contribution in [2.45, 2.75) is 348 Å². The summed E-state index contributed by atoms with van der Waals surface area (Å²) in [6, 6.07) is 0. The van der Waals surface area contributed by atoms with Crippen LogP contribution in [0.25, 0.3) is 0 Å². The first-order valence-corrected chi connectivity index (χ1v) is 29.9. The molecule has 1 atom stereocenters. The van der Waals surface area contributed by atoms with Crippen LogP contribution in [0.4, 0.5) is 0 Å². The van der Waals surface area contributed by atoms with Crippen LogP contribution in [0.2, 0.25) is 0 Å². The number of carbonyl (C=O) groups is 3. The van der Waals surface area contributed by atoms with Gasteiger partial charge in [0.2, 0.25) is 0 Å². The number of unbranched alkanes of at least 4 members (excludes halogenated alkanes) is 42. The average molecular weight is 934 g/mol. The molecule has 0 saturated carbocycles. The topological polar surface area (TPSA) is 78.9 Å². The van der Waals surface area contributed by atoms with Gasteiger partial charge in [-0.05, 0) is 25.2 Å². The Labute approximate surface area is 412 Å². The first kappa shape index (κ1) is 64.4. The molecule has 0 spiro atoms. The summed E-state index contributed by atoms with van der Waals surface area (Å²) >= 11 is 0. The van der Waals surface area contributed by atoms with Crippen molar-refractivity contribution in [3.8, 4) is 0 Å². The lowest BCUT2D eigenvalue weighted by molar-refractivity contribution is -0.167. The van der Waals surface area contributed by atoms with Crippen LogP contribution in [0.3, 0.4) is 0 Å². The van der Waals surface area contributed by atoms with Gasteiger partial charge in [0.25, 0.3) is 0 Å². The second kappa shape index (κ2) is 54.4. The summed E-state index contributed by atoms with van der Waals surface area (Å²) in [5, 5.41) is 0. The lowest BCUT2D eigenvalue weighted by atomic mass is 10.0. The van der Waals surface area contributed by atoms with E-state index in [0.29, 0.717) is 19.3 Å². The molecule has 0 aromatic heterocycles. The lowest BCUT2D eigenvalue weighted by Gasteiger charge is -2.18. The Bertz CT molecular complexity index is 996. The zero-order valence-corrected chi connectivity index (χ0v) is 45.2. The van der Waals surface area contributed by atoms with Gasteiger partial charge >= 0.3 is 17.9 Å². The normalized spacial score (nSPS) is 12.0. The lowest BCUT2D eigenvalue weighted by Crippen LogP contribution is -2.30. The monoisotopic (exact) mass is 933 g/mol. The van der Waals surface area contributed by atoms with Gasteiger partial charge in [0.15, 0.2) is 6.10 Å². The molecule has 0 aromatic rings. The Morgan fingerprint density at radius 2 is 0.500 bits per heavy atom. The molecule has 0 aromatic carbocycles. The highest BCUT2D eigenvalue weighted by Gasteiger charge is 2.19. The number of hydrogen-bond acceptors (Lipinski definition) is 6. The molecule has 0 aliphatic heterocycles. The van der Waals surface area contributed by atoms with Crippen LogP contribution in [0.1, 0.15) is 342 Å². The zero-order chi connectivity index (χ0) is 48.1. The molecule has 0 fully saturated rings. The van der Waals surface area contributed by atoms with Crippen LogP contribution in [-0.4, -0.2) is 37.2 Å². The first-order valence-electron chi connectivity index (χ1n) is 29.9. The molecular weight excluding hydrogens is 817 g/mol. The third kappa shape index (κ3) is 53.4. The van der Waals surface area contributed by atoms with Crippen molar-refractivity contribution < 1.29 is 28.6 Å². The van der Waals surface area contributed by atoms with E-state index in [4.69, 9.17) is 14.2 Å². The molecule has 0 amide bonds. The van der Waals surface area contributed by atoms with E-state index in [-0.39, 0.29) is 31.1 Å². The van der Waals surface area contributed by atoms with Gasteiger partial charge in [-0.2, -0.15) is 0 Å². The van der Waals surface area contributed by atoms with Crippen molar-refractivity contribution in [1.82, 2.24) is 0 Å². The van der Waals surface area contributed by atoms with Gasteiger partial charge in [0.05, 0.1) is 0 Å². The van der Waals surface area contributed by atoms with E-state index in [1.54, 1.807) is 0 Å². The quantitative estimate of drug-likeness (QED) is 0.0343. The Kier molecular flexibility index (Phi) is 53.0. The fourth-order valence-electron chi connectivity index (χ4n) is 9.28. The molecule has 0 saturated heterocycles. The summed E-state index contributed by atoms with van der Waals surface area (Å²) in [6.07, 6.45) is 59.6. The molecule has 0 rings (SSSR count). The van der Waals surface area contributed by atoms with Crippen molar-refractivity contribution in [3.63, 3.8) is 0 Å². The summed E-state index contributed by atoms with van der Waals surface area (Å²) in [4.78, 5) is 38.2. The highest BCUT2D eigenvalue weighted by Crippen LogP contribution is 2.18. The number of ether oxygens (including phenoxy) is 3. The van der Waals surface area contributed by atoms with Gasteiger partial charge in [-0.1, -0.05) is 304 Å². The SMILES string of the molecule is CCCCCCCCCCCCCCCCCCCCCC(=O)OC[C@H](COC(=O)CCCCCCCCCCCCCCCCCCC)OC(=O)CCCCCCCCCCCC(C)C. The summed E-state index contributed by atoms with van der Waals surface area (Å²) in [7, 11) is 0. The molecule has 6 nitrogen and oxygen atoms in total. The second-order valence-corrected chi connectivity index (χ2v) is 21.1. The van der Waals surface area contributed by atoms with Crippen LogP contribution in [0, 0.1) is 5.92 Å². The third-order valence-corrected chi connectivity index (χ3v) is 13.8. The summed E-state index contributed by atoms with van der Waals surface area (Å²) in [5.74, 6) is -0.0298. The first-order chi connectivity index (χ1) is 32.4. The molecular formula is C60H116O6. The molecule has 0 radical (unpaired) electrons. The van der Waals surface area contributed by atoms with Gasteiger partial charge in [0.1, 0.15) is 13.2 Å². The summed E-state index contributed by atoms with van der Waals surface area (Å²) < 4.78 is 16.9. The van der Waals surface area contributed by atoms with Crippen LogP contribution < -0.4 is 0 Å². The molecule has 66 heavy (non-hydrogen) atoms. The van der Waals surface area contributed by atoms with E-state index in [9.17, 15) is 14.4 Å². The highest BCUT2D eigenvalue weighted by atomic mass is 16.6. The highest BCUT2D eigenvalue weighted by molar-refractivity contribution is 5.71.